The van der Waals surface area contributed by atoms with E-state index in [9.17, 15) is 4.79 Å². The van der Waals surface area contributed by atoms with Gasteiger partial charge in [0.2, 0.25) is 5.22 Å². The minimum absolute atomic E-state index is 0.00154. The lowest BCUT2D eigenvalue weighted by atomic mass is 10.2. The Morgan fingerprint density at radius 1 is 1.50 bits per heavy atom. The van der Waals surface area contributed by atoms with E-state index in [0.717, 1.165) is 5.54 Å². The minimum Gasteiger partial charge on any atom is -0.442 e. The molecule has 1 aromatic carbocycles. The Morgan fingerprint density at radius 2 is 2.21 bits per heavy atom. The van der Waals surface area contributed by atoms with Crippen molar-refractivity contribution in [3.63, 3.8) is 0 Å². The lowest BCUT2D eigenvalue weighted by Crippen LogP contribution is -1.93. The summed E-state index contributed by atoms with van der Waals surface area (Å²) in [6, 6.07) is 5.07. The lowest BCUT2D eigenvalue weighted by molar-refractivity contribution is 0.112. The zero-order valence-electron chi connectivity index (χ0n) is 6.84. The summed E-state index contributed by atoms with van der Waals surface area (Å²) in [6.45, 7) is 0. The number of carbonyl (C=O) groups is 1. The summed E-state index contributed by atoms with van der Waals surface area (Å²) in [6.07, 6.45) is 0.679. The van der Waals surface area contributed by atoms with Crippen LogP contribution in [-0.2, 0) is 0 Å². The highest BCUT2D eigenvalue weighted by molar-refractivity contribution is 9.10. The fraction of sp³-hybridized carbons (Fsp3) is 0. The average molecular weight is 296 g/mol. The molecule has 0 aliphatic heterocycles. The van der Waals surface area contributed by atoms with Crippen molar-refractivity contribution in [2.45, 2.75) is 0 Å². The molecular weight excluding hydrogens is 291 g/mol. The van der Waals surface area contributed by atoms with Gasteiger partial charge in [-0.1, -0.05) is 17.7 Å². The molecule has 74 valence electrons. The molecule has 0 heterocycles. The average Bonchev–Trinajstić information content (AvgIpc) is 2.20. The van der Waals surface area contributed by atoms with E-state index in [1.807, 2.05) is 0 Å². The summed E-state index contributed by atoms with van der Waals surface area (Å²) in [4.78, 5) is 10.7. The zero-order valence-corrected chi connectivity index (χ0v) is 9.93. The van der Waals surface area contributed by atoms with E-state index >= 15 is 0 Å². The quantitative estimate of drug-likeness (QED) is 0.624. The van der Waals surface area contributed by atoms with Crippen LogP contribution < -0.4 is 4.74 Å². The molecule has 2 nitrogen and oxygen atoms in total. The molecule has 0 radical (unpaired) electrons. The first-order valence-electron chi connectivity index (χ1n) is 3.56. The Labute approximate surface area is 99.6 Å². The topological polar surface area (TPSA) is 26.3 Å². The van der Waals surface area contributed by atoms with E-state index in [1.165, 1.54) is 0 Å². The molecular formula is C9H5BrCl2O2. The van der Waals surface area contributed by atoms with Crippen LogP contribution in [0.5, 0.6) is 5.75 Å². The molecule has 0 aromatic heterocycles. The Balaban J connectivity index is 3.11. The number of benzene rings is 1. The number of carbonyl (C=O) groups excluding carboxylic acids is 1. The van der Waals surface area contributed by atoms with Crippen molar-refractivity contribution >= 4 is 45.4 Å². The van der Waals surface area contributed by atoms with Crippen LogP contribution in [0.1, 0.15) is 10.4 Å². The first-order chi connectivity index (χ1) is 6.69. The van der Waals surface area contributed by atoms with Crippen molar-refractivity contribution in [1.29, 1.82) is 0 Å². The zero-order chi connectivity index (χ0) is 10.6. The van der Waals surface area contributed by atoms with Gasteiger partial charge in [0.1, 0.15) is 0 Å². The van der Waals surface area contributed by atoms with Crippen molar-refractivity contribution in [2.75, 3.05) is 0 Å². The van der Waals surface area contributed by atoms with E-state index in [2.05, 4.69) is 15.9 Å². The number of rotatable bonds is 3. The molecule has 5 heteroatoms. The highest BCUT2D eigenvalue weighted by Gasteiger charge is 2.08. The molecule has 0 N–H and O–H groups in total. The molecule has 14 heavy (non-hydrogen) atoms. The van der Waals surface area contributed by atoms with Crippen molar-refractivity contribution in [3.05, 3.63) is 39.0 Å². The molecule has 0 fully saturated rings. The first-order valence-corrected chi connectivity index (χ1v) is 5.17. The summed E-state index contributed by atoms with van der Waals surface area (Å²) in [5, 5.41) is 0.00154. The maximum Gasteiger partial charge on any atom is 0.205 e. The molecule has 1 rings (SSSR count). The van der Waals surface area contributed by atoms with Gasteiger partial charge in [0.15, 0.2) is 12.0 Å². The molecule has 0 saturated heterocycles. The number of aldehydes is 1. The van der Waals surface area contributed by atoms with Gasteiger partial charge in [-0.3, -0.25) is 4.79 Å². The number of halogens is 3. The monoisotopic (exact) mass is 294 g/mol. The van der Waals surface area contributed by atoms with Gasteiger partial charge >= 0.3 is 0 Å². The molecule has 0 atom stereocenters. The van der Waals surface area contributed by atoms with Crippen LogP contribution in [-0.4, -0.2) is 6.29 Å². The summed E-state index contributed by atoms with van der Waals surface area (Å²) in [5.74, 6) is 0.351. The number of hydrogen-bond acceptors (Lipinski definition) is 2. The Kier molecular flexibility index (Phi) is 4.45. The van der Waals surface area contributed by atoms with Crippen molar-refractivity contribution in [3.8, 4) is 5.75 Å². The number of ether oxygens (including phenoxy) is 1. The molecule has 0 aliphatic rings. The summed E-state index contributed by atoms with van der Waals surface area (Å²) < 4.78 is 5.77. The van der Waals surface area contributed by atoms with E-state index in [0.29, 0.717) is 22.1 Å². The van der Waals surface area contributed by atoms with Crippen LogP contribution >= 0.6 is 39.1 Å². The van der Waals surface area contributed by atoms with Gasteiger partial charge in [0.25, 0.3) is 0 Å². The molecule has 0 saturated carbocycles. The van der Waals surface area contributed by atoms with Gasteiger partial charge in [0.05, 0.1) is 15.6 Å². The van der Waals surface area contributed by atoms with Crippen LogP contribution in [0, 0.1) is 0 Å². The van der Waals surface area contributed by atoms with Crippen molar-refractivity contribution in [1.82, 2.24) is 0 Å². The smallest absolute Gasteiger partial charge is 0.205 e. The van der Waals surface area contributed by atoms with Gasteiger partial charge in [-0.15, -0.1) is 0 Å². The third kappa shape index (κ3) is 2.74. The van der Waals surface area contributed by atoms with Crippen LogP contribution in [0.2, 0.25) is 0 Å². The van der Waals surface area contributed by atoms with E-state index < -0.39 is 0 Å². The predicted molar refractivity (Wildman–Crippen MR) is 59.9 cm³/mol. The molecule has 0 bridgehead atoms. The molecule has 0 unspecified atom stereocenters. The largest absolute Gasteiger partial charge is 0.442 e. The summed E-state index contributed by atoms with van der Waals surface area (Å²) in [5.41, 5.74) is 1.48. The van der Waals surface area contributed by atoms with Crippen molar-refractivity contribution < 1.29 is 9.53 Å². The summed E-state index contributed by atoms with van der Waals surface area (Å²) >= 11 is 14.1. The van der Waals surface area contributed by atoms with E-state index in [1.54, 1.807) is 18.2 Å². The van der Waals surface area contributed by atoms with E-state index in [-0.39, 0.29) is 5.22 Å². The Hall–Kier alpha value is -0.510. The van der Waals surface area contributed by atoms with Crippen LogP contribution in [0.3, 0.4) is 0 Å². The second kappa shape index (κ2) is 5.39. The highest BCUT2D eigenvalue weighted by Crippen LogP contribution is 2.30. The molecule has 1 aromatic rings. The van der Waals surface area contributed by atoms with Crippen LogP contribution in [0.4, 0.5) is 0 Å². The van der Waals surface area contributed by atoms with Gasteiger partial charge in [0, 0.05) is 0 Å². The second-order valence-corrected chi connectivity index (χ2v) is 3.74. The Bertz CT molecular complexity index is 377. The van der Waals surface area contributed by atoms with Gasteiger partial charge in [-0.2, -0.15) is 0 Å². The standard InChI is InChI=1S/C9H5BrCl2O2/c10-7-3-1-2-6(5-13)9(7)14-8(12)4-11/h1-5H/b8-4+. The lowest BCUT2D eigenvalue weighted by Gasteiger charge is -2.07. The van der Waals surface area contributed by atoms with Crippen LogP contribution in [0.15, 0.2) is 33.4 Å². The highest BCUT2D eigenvalue weighted by atomic mass is 79.9. The van der Waals surface area contributed by atoms with E-state index in [4.69, 9.17) is 27.9 Å². The maximum atomic E-state index is 10.7. The van der Waals surface area contributed by atoms with Gasteiger partial charge in [-0.05, 0) is 39.7 Å². The SMILES string of the molecule is O=Cc1cccc(Br)c1O/C(Cl)=C/Cl. The predicted octanol–water partition coefficient (Wildman–Crippen LogP) is 3.92. The molecule has 0 amide bonds. The van der Waals surface area contributed by atoms with Crippen molar-refractivity contribution in [2.24, 2.45) is 0 Å². The van der Waals surface area contributed by atoms with Gasteiger partial charge in [-0.25, -0.2) is 0 Å². The molecule has 0 spiro atoms. The Morgan fingerprint density at radius 3 is 2.79 bits per heavy atom. The number of para-hydroxylation sites is 1. The minimum atomic E-state index is 0.00154. The number of hydrogen-bond donors (Lipinski definition) is 0. The van der Waals surface area contributed by atoms with Gasteiger partial charge < -0.3 is 4.74 Å². The normalized spacial score (nSPS) is 11.2. The van der Waals surface area contributed by atoms with Crippen LogP contribution in [0.25, 0.3) is 0 Å². The molecule has 0 aliphatic carbocycles. The third-order valence-corrected chi connectivity index (χ3v) is 2.53. The third-order valence-electron chi connectivity index (χ3n) is 1.41. The second-order valence-electron chi connectivity index (χ2n) is 2.29. The summed E-state index contributed by atoms with van der Waals surface area (Å²) in [7, 11) is 0. The maximum absolute atomic E-state index is 10.7. The fourth-order valence-electron chi connectivity index (χ4n) is 0.846. The first kappa shape index (κ1) is 11.6. The fourth-order valence-corrected chi connectivity index (χ4v) is 1.43.